The summed E-state index contributed by atoms with van der Waals surface area (Å²) >= 11 is 0. The van der Waals surface area contributed by atoms with E-state index in [2.05, 4.69) is 5.10 Å². The molecule has 1 aromatic rings. The van der Waals surface area contributed by atoms with E-state index in [4.69, 9.17) is 0 Å². The maximum atomic E-state index is 11.1. The van der Waals surface area contributed by atoms with Crippen LogP contribution >= 0.6 is 0 Å². The molecule has 1 rings (SSSR count). The van der Waals surface area contributed by atoms with Crippen LogP contribution in [0.3, 0.4) is 0 Å². The zero-order valence-corrected chi connectivity index (χ0v) is 13.2. The zero-order chi connectivity index (χ0) is 14.8. The first kappa shape index (κ1) is 16.2. The molecular formula is C13H24N2O3S. The summed E-state index contributed by atoms with van der Waals surface area (Å²) in [5, 5.41) is 14.6. The molecule has 1 heterocycles. The van der Waals surface area contributed by atoms with Crippen LogP contribution in [0.2, 0.25) is 0 Å². The van der Waals surface area contributed by atoms with Crippen LogP contribution in [0.25, 0.3) is 0 Å². The maximum absolute atomic E-state index is 11.1. The fourth-order valence-corrected chi connectivity index (χ4v) is 2.72. The molecule has 0 saturated carbocycles. The molecule has 0 radical (unpaired) electrons. The molecule has 0 saturated heterocycles. The second-order valence-corrected chi connectivity index (χ2v) is 8.40. The predicted octanol–water partition coefficient (Wildman–Crippen LogP) is 1.58. The third-order valence-electron chi connectivity index (χ3n) is 2.92. The number of aliphatic hydroxyl groups is 1. The number of nitrogens with zero attached hydrogens (tertiary/aromatic N) is 2. The van der Waals surface area contributed by atoms with Crippen LogP contribution in [-0.4, -0.2) is 35.3 Å². The molecule has 0 aliphatic rings. The number of aromatic nitrogens is 2. The van der Waals surface area contributed by atoms with E-state index in [0.29, 0.717) is 12.8 Å². The molecule has 1 aromatic heterocycles. The highest BCUT2D eigenvalue weighted by Crippen LogP contribution is 2.30. The normalized spacial score (nSPS) is 14.6. The van der Waals surface area contributed by atoms with Gasteiger partial charge in [0, 0.05) is 36.2 Å². The van der Waals surface area contributed by atoms with E-state index in [9.17, 15) is 13.5 Å². The average molecular weight is 288 g/mol. The summed E-state index contributed by atoms with van der Waals surface area (Å²) < 4.78 is 23.9. The molecule has 19 heavy (non-hydrogen) atoms. The van der Waals surface area contributed by atoms with Crippen LogP contribution in [0, 0.1) is 0 Å². The fourth-order valence-electron chi connectivity index (χ4n) is 2.03. The molecule has 5 nitrogen and oxygen atoms in total. The second kappa shape index (κ2) is 5.63. The second-order valence-electron chi connectivity index (χ2n) is 6.14. The van der Waals surface area contributed by atoms with E-state index < -0.39 is 15.9 Å². The first-order chi connectivity index (χ1) is 8.50. The van der Waals surface area contributed by atoms with E-state index in [1.165, 1.54) is 6.26 Å². The first-order valence-electron chi connectivity index (χ1n) is 6.40. The van der Waals surface area contributed by atoms with Gasteiger partial charge in [-0.1, -0.05) is 20.8 Å². The Morgan fingerprint density at radius 1 is 1.42 bits per heavy atom. The quantitative estimate of drug-likeness (QED) is 0.893. The van der Waals surface area contributed by atoms with Gasteiger partial charge >= 0.3 is 0 Å². The van der Waals surface area contributed by atoms with Gasteiger partial charge in [-0.25, -0.2) is 8.42 Å². The Bertz CT molecular complexity index is 527. The van der Waals surface area contributed by atoms with Crippen LogP contribution in [-0.2, 0) is 22.3 Å². The van der Waals surface area contributed by atoms with Gasteiger partial charge in [0.05, 0.1) is 11.8 Å². The minimum atomic E-state index is -2.97. The van der Waals surface area contributed by atoms with Crippen molar-refractivity contribution in [3.8, 4) is 0 Å². The van der Waals surface area contributed by atoms with Crippen molar-refractivity contribution >= 4 is 9.84 Å². The van der Waals surface area contributed by atoms with Crippen LogP contribution in [0.15, 0.2) is 6.20 Å². The molecule has 110 valence electrons. The third-order valence-corrected chi connectivity index (χ3v) is 3.95. The predicted molar refractivity (Wildman–Crippen MR) is 75.8 cm³/mol. The smallest absolute Gasteiger partial charge is 0.147 e. The molecule has 0 fully saturated rings. The molecule has 1 N–H and O–H groups in total. The van der Waals surface area contributed by atoms with Crippen molar-refractivity contribution < 1.29 is 13.5 Å². The van der Waals surface area contributed by atoms with Crippen LogP contribution in [0.1, 0.15) is 51.0 Å². The minimum Gasteiger partial charge on any atom is -0.388 e. The van der Waals surface area contributed by atoms with Gasteiger partial charge in [-0.2, -0.15) is 5.10 Å². The molecule has 0 aromatic carbocycles. The van der Waals surface area contributed by atoms with Crippen molar-refractivity contribution in [2.75, 3.05) is 12.0 Å². The van der Waals surface area contributed by atoms with Crippen molar-refractivity contribution in [2.24, 2.45) is 7.05 Å². The Balaban J connectivity index is 2.80. The molecule has 1 atom stereocenters. The molecule has 1 unspecified atom stereocenters. The summed E-state index contributed by atoms with van der Waals surface area (Å²) in [6, 6.07) is 0. The molecule has 0 bridgehead atoms. The maximum Gasteiger partial charge on any atom is 0.147 e. The molecule has 0 amide bonds. The lowest BCUT2D eigenvalue weighted by atomic mass is 9.87. The van der Waals surface area contributed by atoms with Crippen LogP contribution in [0.5, 0.6) is 0 Å². The van der Waals surface area contributed by atoms with Gasteiger partial charge in [0.1, 0.15) is 9.84 Å². The Kier molecular flexibility index (Phi) is 4.79. The molecular weight excluding hydrogens is 264 g/mol. The molecule has 0 aliphatic carbocycles. The Hall–Kier alpha value is -0.880. The fraction of sp³-hybridized carbons (Fsp3) is 0.769. The minimum absolute atomic E-state index is 0.106. The van der Waals surface area contributed by atoms with Crippen molar-refractivity contribution in [3.63, 3.8) is 0 Å². The van der Waals surface area contributed by atoms with Gasteiger partial charge < -0.3 is 5.11 Å². The average Bonchev–Trinajstić information content (AvgIpc) is 2.57. The van der Waals surface area contributed by atoms with E-state index in [-0.39, 0.29) is 11.2 Å². The Morgan fingerprint density at radius 2 is 2.00 bits per heavy atom. The molecule has 6 heteroatoms. The van der Waals surface area contributed by atoms with Crippen molar-refractivity contribution in [1.82, 2.24) is 9.78 Å². The van der Waals surface area contributed by atoms with Crippen molar-refractivity contribution in [2.45, 2.75) is 45.1 Å². The van der Waals surface area contributed by atoms with E-state index in [1.807, 2.05) is 34.0 Å². The van der Waals surface area contributed by atoms with Crippen molar-refractivity contribution in [3.05, 3.63) is 17.5 Å². The number of rotatable bonds is 5. The van der Waals surface area contributed by atoms with Gasteiger partial charge in [-0.05, 0) is 12.8 Å². The Labute approximate surface area is 115 Å². The van der Waals surface area contributed by atoms with E-state index in [0.717, 1.165) is 11.3 Å². The third kappa shape index (κ3) is 4.95. The Morgan fingerprint density at radius 3 is 2.47 bits per heavy atom. The first-order valence-corrected chi connectivity index (χ1v) is 8.46. The summed E-state index contributed by atoms with van der Waals surface area (Å²) in [7, 11) is -1.15. The van der Waals surface area contributed by atoms with E-state index in [1.54, 1.807) is 4.68 Å². The van der Waals surface area contributed by atoms with Crippen LogP contribution < -0.4 is 0 Å². The summed E-state index contributed by atoms with van der Waals surface area (Å²) in [5.41, 5.74) is 1.51. The van der Waals surface area contributed by atoms with Gasteiger partial charge in [0.15, 0.2) is 0 Å². The highest BCUT2D eigenvalue weighted by atomic mass is 32.2. The van der Waals surface area contributed by atoms with Gasteiger partial charge in [0.2, 0.25) is 0 Å². The number of hydrogen-bond donors (Lipinski definition) is 1. The van der Waals surface area contributed by atoms with Gasteiger partial charge in [0.25, 0.3) is 0 Å². The summed E-state index contributed by atoms with van der Waals surface area (Å²) in [4.78, 5) is 0. The highest BCUT2D eigenvalue weighted by Gasteiger charge is 2.25. The van der Waals surface area contributed by atoms with Gasteiger partial charge in [-0.3, -0.25) is 4.68 Å². The number of hydrogen-bond acceptors (Lipinski definition) is 4. The van der Waals surface area contributed by atoms with Crippen molar-refractivity contribution in [1.29, 1.82) is 0 Å². The topological polar surface area (TPSA) is 72.2 Å². The molecule has 0 aliphatic heterocycles. The zero-order valence-electron chi connectivity index (χ0n) is 12.3. The highest BCUT2D eigenvalue weighted by molar-refractivity contribution is 7.90. The number of aliphatic hydroxyl groups excluding tert-OH is 1. The summed E-state index contributed by atoms with van der Waals surface area (Å²) in [6.45, 7) is 6.13. The summed E-state index contributed by atoms with van der Waals surface area (Å²) in [6.07, 6.45) is 3.25. The van der Waals surface area contributed by atoms with E-state index >= 15 is 0 Å². The summed E-state index contributed by atoms with van der Waals surface area (Å²) in [5.74, 6) is 0.106. The lowest BCUT2D eigenvalue weighted by molar-refractivity contribution is 0.164. The number of sulfone groups is 1. The SMILES string of the molecule is Cn1cc(C(O)CCCS(C)(=O)=O)c(C(C)(C)C)n1. The van der Waals surface area contributed by atoms with Gasteiger partial charge in [-0.15, -0.1) is 0 Å². The molecule has 0 spiro atoms. The standard InChI is InChI=1S/C13H24N2O3S/c1-13(2,3)12-10(9-15(4)14-12)11(16)7-6-8-19(5,17)18/h9,11,16H,6-8H2,1-5H3. The monoisotopic (exact) mass is 288 g/mol. The largest absolute Gasteiger partial charge is 0.388 e. The number of aryl methyl sites for hydroxylation is 1. The van der Waals surface area contributed by atoms with Crippen LogP contribution in [0.4, 0.5) is 0 Å². The lowest BCUT2D eigenvalue weighted by Gasteiger charge is -2.19. The lowest BCUT2D eigenvalue weighted by Crippen LogP contribution is -2.16.